The molecule has 0 heterocycles. The highest BCUT2D eigenvalue weighted by molar-refractivity contribution is 5.88. The third-order valence-corrected chi connectivity index (χ3v) is 3.04. The van der Waals surface area contributed by atoms with Crippen LogP contribution in [-0.4, -0.2) is 11.1 Å². The minimum Gasteiger partial charge on any atom is -0.481 e. The van der Waals surface area contributed by atoms with Gasteiger partial charge in [0.05, 0.1) is 0 Å². The van der Waals surface area contributed by atoms with Crippen molar-refractivity contribution in [3.05, 3.63) is 47.5 Å². The lowest BCUT2D eigenvalue weighted by molar-refractivity contribution is -0.137. The van der Waals surface area contributed by atoms with Crippen molar-refractivity contribution in [2.24, 2.45) is 0 Å². The molecule has 0 saturated heterocycles. The van der Waals surface area contributed by atoms with Crippen molar-refractivity contribution in [1.29, 1.82) is 0 Å². The highest BCUT2D eigenvalue weighted by Crippen LogP contribution is 2.23. The molecule has 0 aromatic heterocycles. The summed E-state index contributed by atoms with van der Waals surface area (Å²) in [6, 6.07) is 12.5. The van der Waals surface area contributed by atoms with E-state index in [0.717, 1.165) is 6.42 Å². The van der Waals surface area contributed by atoms with Crippen molar-refractivity contribution < 1.29 is 9.90 Å². The van der Waals surface area contributed by atoms with Gasteiger partial charge in [-0.25, -0.2) is 0 Å². The number of fused-ring (bicyclic) bond motifs is 1. The average Bonchev–Trinajstić information content (AvgIpc) is 2.29. The summed E-state index contributed by atoms with van der Waals surface area (Å²) in [4.78, 5) is 10.5. The van der Waals surface area contributed by atoms with Gasteiger partial charge in [0.15, 0.2) is 0 Å². The molecule has 1 N–H and O–H groups in total. The maximum Gasteiger partial charge on any atom is 0.303 e. The minimum absolute atomic E-state index is 0.238. The van der Waals surface area contributed by atoms with E-state index in [1.807, 2.05) is 6.07 Å². The number of hydrogen-bond acceptors (Lipinski definition) is 1. The van der Waals surface area contributed by atoms with E-state index in [9.17, 15) is 4.79 Å². The molecule has 0 fully saturated rings. The van der Waals surface area contributed by atoms with Crippen molar-refractivity contribution in [1.82, 2.24) is 0 Å². The number of benzene rings is 2. The SMILES string of the molecule is Cc1cccc2cccc(CCCC(=O)O)c12. The van der Waals surface area contributed by atoms with Crippen LogP contribution in [0.4, 0.5) is 0 Å². The second kappa shape index (κ2) is 5.00. The maximum atomic E-state index is 10.5. The Kier molecular flexibility index (Phi) is 3.43. The fourth-order valence-corrected chi connectivity index (χ4v) is 2.26. The summed E-state index contributed by atoms with van der Waals surface area (Å²) in [6.07, 6.45) is 1.76. The Morgan fingerprint density at radius 1 is 1.18 bits per heavy atom. The lowest BCUT2D eigenvalue weighted by Gasteiger charge is -2.08. The van der Waals surface area contributed by atoms with Crippen LogP contribution in [-0.2, 0) is 11.2 Å². The number of carboxylic acids is 1. The Labute approximate surface area is 101 Å². The number of hydrogen-bond donors (Lipinski definition) is 1. The van der Waals surface area contributed by atoms with Crippen LogP contribution in [0.2, 0.25) is 0 Å². The monoisotopic (exact) mass is 228 g/mol. The second-order valence-electron chi connectivity index (χ2n) is 4.34. The van der Waals surface area contributed by atoms with Crippen molar-refractivity contribution >= 4 is 16.7 Å². The van der Waals surface area contributed by atoms with Gasteiger partial charge in [-0.05, 0) is 41.7 Å². The summed E-state index contributed by atoms with van der Waals surface area (Å²) in [7, 11) is 0. The Hall–Kier alpha value is -1.83. The van der Waals surface area contributed by atoms with E-state index in [2.05, 4.69) is 37.3 Å². The first kappa shape index (κ1) is 11.6. The number of aliphatic carboxylic acids is 1. The number of carbonyl (C=O) groups is 1. The van der Waals surface area contributed by atoms with Crippen LogP contribution in [0.25, 0.3) is 10.8 Å². The normalized spacial score (nSPS) is 10.6. The third kappa shape index (κ3) is 2.64. The Balaban J connectivity index is 2.30. The minimum atomic E-state index is -0.720. The van der Waals surface area contributed by atoms with Crippen LogP contribution >= 0.6 is 0 Å². The summed E-state index contributed by atoms with van der Waals surface area (Å²) in [5.41, 5.74) is 2.51. The van der Waals surface area contributed by atoms with Crippen molar-refractivity contribution in [2.75, 3.05) is 0 Å². The molecule has 0 aliphatic rings. The molecule has 2 aromatic carbocycles. The molecule has 2 nitrogen and oxygen atoms in total. The Morgan fingerprint density at radius 3 is 2.59 bits per heavy atom. The van der Waals surface area contributed by atoms with Gasteiger partial charge >= 0.3 is 5.97 Å². The number of aryl methyl sites for hydroxylation is 2. The van der Waals surface area contributed by atoms with Crippen LogP contribution in [0.15, 0.2) is 36.4 Å². The first-order valence-electron chi connectivity index (χ1n) is 5.87. The van der Waals surface area contributed by atoms with E-state index in [0.29, 0.717) is 6.42 Å². The van der Waals surface area contributed by atoms with Gasteiger partial charge in [-0.15, -0.1) is 0 Å². The number of rotatable bonds is 4. The van der Waals surface area contributed by atoms with Gasteiger partial charge in [0.1, 0.15) is 0 Å². The second-order valence-corrected chi connectivity index (χ2v) is 4.34. The maximum absolute atomic E-state index is 10.5. The zero-order chi connectivity index (χ0) is 12.3. The number of carboxylic acid groups (broad SMARTS) is 1. The summed E-state index contributed by atoms with van der Waals surface area (Å²) in [5, 5.41) is 11.2. The molecule has 0 bridgehead atoms. The zero-order valence-electron chi connectivity index (χ0n) is 9.94. The summed E-state index contributed by atoms with van der Waals surface area (Å²) < 4.78 is 0. The van der Waals surface area contributed by atoms with Gasteiger partial charge in [0.2, 0.25) is 0 Å². The first-order valence-corrected chi connectivity index (χ1v) is 5.87. The molecule has 88 valence electrons. The molecule has 2 heteroatoms. The van der Waals surface area contributed by atoms with Gasteiger partial charge in [-0.2, -0.15) is 0 Å². The van der Waals surface area contributed by atoms with Crippen molar-refractivity contribution in [3.8, 4) is 0 Å². The van der Waals surface area contributed by atoms with Crippen LogP contribution in [0.3, 0.4) is 0 Å². The molecule has 2 aromatic rings. The predicted octanol–water partition coefficient (Wildman–Crippen LogP) is 3.56. The first-order chi connectivity index (χ1) is 8.18. The molecule has 0 unspecified atom stereocenters. The Morgan fingerprint density at radius 2 is 1.88 bits per heavy atom. The van der Waals surface area contributed by atoms with E-state index < -0.39 is 5.97 Å². The van der Waals surface area contributed by atoms with Gasteiger partial charge in [0.25, 0.3) is 0 Å². The van der Waals surface area contributed by atoms with E-state index in [4.69, 9.17) is 5.11 Å². The van der Waals surface area contributed by atoms with E-state index in [1.54, 1.807) is 0 Å². The van der Waals surface area contributed by atoms with E-state index in [1.165, 1.54) is 21.9 Å². The molecule has 0 aliphatic heterocycles. The summed E-state index contributed by atoms with van der Waals surface area (Å²) >= 11 is 0. The van der Waals surface area contributed by atoms with Crippen LogP contribution in [0, 0.1) is 6.92 Å². The lowest BCUT2D eigenvalue weighted by Crippen LogP contribution is -1.96. The fraction of sp³-hybridized carbons (Fsp3) is 0.267. The van der Waals surface area contributed by atoms with Gasteiger partial charge in [-0.1, -0.05) is 36.4 Å². The van der Waals surface area contributed by atoms with Crippen LogP contribution in [0.1, 0.15) is 24.0 Å². The van der Waals surface area contributed by atoms with Gasteiger partial charge < -0.3 is 5.11 Å². The molecule has 0 amide bonds. The molecule has 0 atom stereocenters. The molecule has 0 aliphatic carbocycles. The average molecular weight is 228 g/mol. The fourth-order valence-electron chi connectivity index (χ4n) is 2.26. The van der Waals surface area contributed by atoms with Gasteiger partial charge in [0, 0.05) is 6.42 Å². The predicted molar refractivity (Wildman–Crippen MR) is 69.3 cm³/mol. The Bertz CT molecular complexity index is 538. The standard InChI is InChI=1S/C15H16O2/c1-11-5-2-6-12-7-3-8-13(15(11)12)9-4-10-14(16)17/h2-3,5-8H,4,9-10H2,1H3,(H,16,17). The smallest absolute Gasteiger partial charge is 0.303 e. The highest BCUT2D eigenvalue weighted by atomic mass is 16.4. The van der Waals surface area contributed by atoms with Gasteiger partial charge in [-0.3, -0.25) is 4.79 Å². The van der Waals surface area contributed by atoms with Crippen LogP contribution in [0.5, 0.6) is 0 Å². The molecule has 2 rings (SSSR count). The lowest BCUT2D eigenvalue weighted by atomic mass is 9.97. The van der Waals surface area contributed by atoms with Crippen LogP contribution < -0.4 is 0 Å². The van der Waals surface area contributed by atoms with Crippen molar-refractivity contribution in [2.45, 2.75) is 26.2 Å². The molecular formula is C15H16O2. The molecule has 0 saturated carbocycles. The van der Waals surface area contributed by atoms with Crippen molar-refractivity contribution in [3.63, 3.8) is 0 Å². The third-order valence-electron chi connectivity index (χ3n) is 3.04. The largest absolute Gasteiger partial charge is 0.481 e. The molecule has 17 heavy (non-hydrogen) atoms. The molecule has 0 spiro atoms. The van der Waals surface area contributed by atoms with E-state index in [-0.39, 0.29) is 6.42 Å². The molecular weight excluding hydrogens is 212 g/mol. The quantitative estimate of drug-likeness (QED) is 0.868. The zero-order valence-corrected chi connectivity index (χ0v) is 9.94. The summed E-state index contributed by atoms with van der Waals surface area (Å²) in [6.45, 7) is 2.10. The topological polar surface area (TPSA) is 37.3 Å². The molecule has 0 radical (unpaired) electrons. The van der Waals surface area contributed by atoms with E-state index >= 15 is 0 Å². The highest BCUT2D eigenvalue weighted by Gasteiger charge is 2.04. The summed E-state index contributed by atoms with van der Waals surface area (Å²) in [5.74, 6) is -0.720.